The van der Waals surface area contributed by atoms with E-state index in [2.05, 4.69) is 54.6 Å². The SMILES string of the molecule is [CH]=CCCCCCCc1c2ccccc2cc2ccccc12. The zero-order valence-electron chi connectivity index (χ0n) is 13.1. The summed E-state index contributed by atoms with van der Waals surface area (Å²) in [5, 5.41) is 5.54. The lowest BCUT2D eigenvalue weighted by atomic mass is 9.93. The minimum absolute atomic E-state index is 1.04. The maximum atomic E-state index is 5.43. The van der Waals surface area contributed by atoms with Gasteiger partial charge in [-0.05, 0) is 58.9 Å². The molecule has 0 heteroatoms. The smallest absolute Gasteiger partial charge is 0.0146 e. The topological polar surface area (TPSA) is 0 Å². The molecule has 0 unspecified atom stereocenters. The van der Waals surface area contributed by atoms with E-state index >= 15 is 0 Å². The fourth-order valence-electron chi connectivity index (χ4n) is 3.29. The largest absolute Gasteiger partial charge is 0.0845 e. The molecule has 0 aliphatic heterocycles. The van der Waals surface area contributed by atoms with Crippen molar-refractivity contribution in [1.29, 1.82) is 0 Å². The minimum atomic E-state index is 1.04. The Bertz CT molecular complexity index is 713. The van der Waals surface area contributed by atoms with Crippen molar-refractivity contribution in [1.82, 2.24) is 0 Å². The number of unbranched alkanes of at least 4 members (excludes halogenated alkanes) is 4. The summed E-state index contributed by atoms with van der Waals surface area (Å²) >= 11 is 0. The Morgan fingerprint density at radius 2 is 1.32 bits per heavy atom. The highest BCUT2D eigenvalue weighted by Crippen LogP contribution is 2.29. The lowest BCUT2D eigenvalue weighted by molar-refractivity contribution is 0.648. The molecule has 0 nitrogen and oxygen atoms in total. The van der Waals surface area contributed by atoms with Crippen molar-refractivity contribution in [2.24, 2.45) is 0 Å². The maximum Gasteiger partial charge on any atom is -0.0146 e. The highest BCUT2D eigenvalue weighted by Gasteiger charge is 2.06. The lowest BCUT2D eigenvalue weighted by Gasteiger charge is -2.11. The van der Waals surface area contributed by atoms with Gasteiger partial charge in [-0.3, -0.25) is 0 Å². The van der Waals surface area contributed by atoms with Gasteiger partial charge in [0, 0.05) is 0 Å². The van der Waals surface area contributed by atoms with Crippen LogP contribution in [-0.2, 0) is 6.42 Å². The molecule has 0 aliphatic rings. The van der Waals surface area contributed by atoms with Crippen molar-refractivity contribution in [3.8, 4) is 0 Å². The molecule has 0 atom stereocenters. The highest BCUT2D eigenvalue weighted by atomic mass is 14.1. The standard InChI is InChI=1S/C22H23/c1-2-3-4-5-6-7-16-22-20-14-10-8-12-18(20)17-19-13-9-11-15-21(19)22/h1-2,8-15,17H,3-7,16H2. The molecule has 0 aliphatic carbocycles. The summed E-state index contributed by atoms with van der Waals surface area (Å²) in [6.07, 6.45) is 9.00. The number of benzene rings is 3. The monoisotopic (exact) mass is 287 g/mol. The summed E-state index contributed by atoms with van der Waals surface area (Å²) in [4.78, 5) is 0. The van der Waals surface area contributed by atoms with Gasteiger partial charge < -0.3 is 0 Å². The van der Waals surface area contributed by atoms with E-state index in [0.29, 0.717) is 0 Å². The average Bonchev–Trinajstić information content (AvgIpc) is 2.57. The van der Waals surface area contributed by atoms with Crippen LogP contribution in [0.15, 0.2) is 60.7 Å². The molecule has 0 aromatic heterocycles. The maximum absolute atomic E-state index is 5.43. The van der Waals surface area contributed by atoms with Crippen LogP contribution in [0, 0.1) is 6.58 Å². The number of allylic oxidation sites excluding steroid dienone is 1. The summed E-state index contributed by atoms with van der Waals surface area (Å²) in [5.41, 5.74) is 1.51. The van der Waals surface area contributed by atoms with Crippen molar-refractivity contribution in [2.75, 3.05) is 0 Å². The summed E-state index contributed by atoms with van der Waals surface area (Å²) in [6, 6.07) is 19.8. The van der Waals surface area contributed by atoms with Gasteiger partial charge in [0.05, 0.1) is 0 Å². The van der Waals surface area contributed by atoms with Gasteiger partial charge in [0.2, 0.25) is 0 Å². The van der Waals surface area contributed by atoms with Crippen LogP contribution in [0.5, 0.6) is 0 Å². The van der Waals surface area contributed by atoms with Gasteiger partial charge in [0.1, 0.15) is 0 Å². The van der Waals surface area contributed by atoms with Gasteiger partial charge in [-0.15, -0.1) is 0 Å². The second-order valence-electron chi connectivity index (χ2n) is 5.99. The lowest BCUT2D eigenvalue weighted by Crippen LogP contribution is -1.91. The number of hydrogen-bond donors (Lipinski definition) is 0. The van der Waals surface area contributed by atoms with E-state index in [1.165, 1.54) is 52.8 Å². The molecule has 3 aromatic rings. The molecule has 22 heavy (non-hydrogen) atoms. The molecule has 0 fully saturated rings. The molecule has 0 amide bonds. The molecular weight excluding hydrogens is 264 g/mol. The van der Waals surface area contributed by atoms with Crippen LogP contribution in [0.25, 0.3) is 21.5 Å². The molecule has 0 heterocycles. The zero-order valence-corrected chi connectivity index (χ0v) is 13.1. The molecule has 0 saturated heterocycles. The molecule has 0 bridgehead atoms. The van der Waals surface area contributed by atoms with Gasteiger partial charge in [-0.25, -0.2) is 0 Å². The Morgan fingerprint density at radius 3 is 1.95 bits per heavy atom. The Labute approximate surface area is 133 Å². The number of fused-ring (bicyclic) bond motifs is 2. The van der Waals surface area contributed by atoms with E-state index in [1.54, 1.807) is 6.08 Å². The Hall–Kier alpha value is -2.08. The summed E-state index contributed by atoms with van der Waals surface area (Å²) in [5.74, 6) is 0. The third-order valence-electron chi connectivity index (χ3n) is 4.43. The van der Waals surface area contributed by atoms with Crippen LogP contribution in [0.3, 0.4) is 0 Å². The second kappa shape index (κ2) is 7.26. The van der Waals surface area contributed by atoms with E-state index in [1.807, 2.05) is 0 Å². The summed E-state index contributed by atoms with van der Waals surface area (Å²) in [6.45, 7) is 5.43. The molecule has 0 N–H and O–H groups in total. The van der Waals surface area contributed by atoms with Crippen molar-refractivity contribution in [3.05, 3.63) is 72.8 Å². The van der Waals surface area contributed by atoms with E-state index in [4.69, 9.17) is 6.58 Å². The Balaban J connectivity index is 1.86. The summed E-state index contributed by atoms with van der Waals surface area (Å²) in [7, 11) is 0. The molecule has 3 aromatic carbocycles. The number of rotatable bonds is 7. The van der Waals surface area contributed by atoms with Crippen molar-refractivity contribution >= 4 is 21.5 Å². The first-order chi connectivity index (χ1) is 10.9. The minimum Gasteiger partial charge on any atom is -0.0845 e. The Kier molecular flexibility index (Phi) is 4.90. The van der Waals surface area contributed by atoms with Gasteiger partial charge in [0.25, 0.3) is 0 Å². The molecule has 3 rings (SSSR count). The predicted octanol–water partition coefficient (Wildman–Crippen LogP) is 6.48. The van der Waals surface area contributed by atoms with Crippen molar-refractivity contribution in [2.45, 2.75) is 38.5 Å². The van der Waals surface area contributed by atoms with Crippen molar-refractivity contribution in [3.63, 3.8) is 0 Å². The third-order valence-corrected chi connectivity index (χ3v) is 4.43. The van der Waals surface area contributed by atoms with Gasteiger partial charge >= 0.3 is 0 Å². The zero-order chi connectivity index (χ0) is 15.2. The fourth-order valence-corrected chi connectivity index (χ4v) is 3.29. The first-order valence-electron chi connectivity index (χ1n) is 8.33. The fraction of sp³-hybridized carbons (Fsp3) is 0.273. The van der Waals surface area contributed by atoms with Crippen molar-refractivity contribution < 1.29 is 0 Å². The Morgan fingerprint density at radius 1 is 0.727 bits per heavy atom. The predicted molar refractivity (Wildman–Crippen MR) is 97.1 cm³/mol. The van der Waals surface area contributed by atoms with E-state index in [-0.39, 0.29) is 0 Å². The van der Waals surface area contributed by atoms with Crippen LogP contribution in [0.4, 0.5) is 0 Å². The first kappa shape index (κ1) is 14.8. The highest BCUT2D eigenvalue weighted by molar-refractivity contribution is 6.02. The van der Waals surface area contributed by atoms with E-state index < -0.39 is 0 Å². The van der Waals surface area contributed by atoms with Gasteiger partial charge in [-0.2, -0.15) is 0 Å². The molecule has 0 spiro atoms. The van der Waals surface area contributed by atoms with Gasteiger partial charge in [0.15, 0.2) is 0 Å². The summed E-state index contributed by atoms with van der Waals surface area (Å²) < 4.78 is 0. The van der Waals surface area contributed by atoms with Crippen LogP contribution in [-0.4, -0.2) is 0 Å². The first-order valence-corrected chi connectivity index (χ1v) is 8.33. The quantitative estimate of drug-likeness (QED) is 0.345. The normalized spacial score (nSPS) is 11.1. The van der Waals surface area contributed by atoms with E-state index in [0.717, 1.165) is 12.8 Å². The van der Waals surface area contributed by atoms with Crippen LogP contribution >= 0.6 is 0 Å². The van der Waals surface area contributed by atoms with Crippen LogP contribution in [0.1, 0.15) is 37.7 Å². The van der Waals surface area contributed by atoms with Crippen LogP contribution in [0.2, 0.25) is 0 Å². The van der Waals surface area contributed by atoms with E-state index in [9.17, 15) is 0 Å². The average molecular weight is 287 g/mol. The van der Waals surface area contributed by atoms with Crippen LogP contribution < -0.4 is 0 Å². The molecular formula is C22H23. The number of aryl methyl sites for hydroxylation is 1. The number of hydrogen-bond acceptors (Lipinski definition) is 0. The third kappa shape index (κ3) is 3.22. The molecule has 1 radical (unpaired) electrons. The molecule has 111 valence electrons. The molecule has 0 saturated carbocycles. The second-order valence-corrected chi connectivity index (χ2v) is 5.99. The van der Waals surface area contributed by atoms with Gasteiger partial charge in [-0.1, -0.05) is 74.0 Å².